The van der Waals surface area contributed by atoms with Crippen LogP contribution in [0, 0.1) is 11.8 Å². The molecule has 0 amide bonds. The zero-order valence-corrected chi connectivity index (χ0v) is 13.8. The Labute approximate surface area is 129 Å². The average Bonchev–Trinajstić information content (AvgIpc) is 2.88. The first-order valence-electron chi connectivity index (χ1n) is 9.07. The van der Waals surface area contributed by atoms with Crippen LogP contribution < -0.4 is 5.32 Å². The molecule has 2 fully saturated rings. The molecule has 2 aliphatic carbocycles. The Morgan fingerprint density at radius 1 is 1.10 bits per heavy atom. The second kappa shape index (κ2) is 6.85. The van der Waals surface area contributed by atoms with Gasteiger partial charge in [0.05, 0.1) is 11.4 Å². The predicted molar refractivity (Wildman–Crippen MR) is 88.5 cm³/mol. The number of aromatic nitrogens is 2. The van der Waals surface area contributed by atoms with Crippen LogP contribution in [0.1, 0.15) is 70.4 Å². The van der Waals surface area contributed by atoms with Crippen LogP contribution in [0.2, 0.25) is 0 Å². The molecule has 1 N–H and O–H groups in total. The van der Waals surface area contributed by atoms with E-state index >= 15 is 0 Å². The summed E-state index contributed by atoms with van der Waals surface area (Å²) in [6, 6.07) is 0.677. The second-order valence-electron chi connectivity index (χ2n) is 7.11. The van der Waals surface area contributed by atoms with E-state index in [2.05, 4.69) is 23.5 Å². The van der Waals surface area contributed by atoms with Crippen LogP contribution >= 0.6 is 0 Å². The summed E-state index contributed by atoms with van der Waals surface area (Å²) in [4.78, 5) is 0. The van der Waals surface area contributed by atoms with Crippen molar-refractivity contribution in [1.82, 2.24) is 9.78 Å². The van der Waals surface area contributed by atoms with Crippen molar-refractivity contribution in [3.05, 3.63) is 11.9 Å². The van der Waals surface area contributed by atoms with Crippen molar-refractivity contribution < 1.29 is 0 Å². The fraction of sp³-hybridized carbons (Fsp3) is 0.833. The van der Waals surface area contributed by atoms with E-state index in [1.807, 2.05) is 11.7 Å². The van der Waals surface area contributed by atoms with Gasteiger partial charge in [-0.05, 0) is 31.1 Å². The van der Waals surface area contributed by atoms with Gasteiger partial charge >= 0.3 is 0 Å². The summed E-state index contributed by atoms with van der Waals surface area (Å²) in [7, 11) is 2.03. The molecule has 0 aromatic carbocycles. The molecule has 1 aromatic rings. The molecule has 3 nitrogen and oxygen atoms in total. The largest absolute Gasteiger partial charge is 0.379 e. The molecular formula is C18H31N3. The van der Waals surface area contributed by atoms with Gasteiger partial charge in [-0.15, -0.1) is 0 Å². The van der Waals surface area contributed by atoms with Gasteiger partial charge in [-0.1, -0.05) is 51.9 Å². The standard InChI is InChI=1S/C18H31N3/c1-3-16-18(13-21(2)20-16)19-17-12-8-7-11-15(17)14-9-5-4-6-10-14/h13-15,17,19H,3-12H2,1-2H3. The van der Waals surface area contributed by atoms with Crippen molar-refractivity contribution in [2.45, 2.75) is 77.2 Å². The number of hydrogen-bond donors (Lipinski definition) is 1. The van der Waals surface area contributed by atoms with Gasteiger partial charge in [-0.2, -0.15) is 5.10 Å². The molecule has 3 heteroatoms. The Morgan fingerprint density at radius 3 is 2.57 bits per heavy atom. The summed E-state index contributed by atoms with van der Waals surface area (Å²) in [5.74, 6) is 1.86. The second-order valence-corrected chi connectivity index (χ2v) is 7.11. The van der Waals surface area contributed by atoms with Crippen LogP contribution in [0.3, 0.4) is 0 Å². The van der Waals surface area contributed by atoms with E-state index in [0.29, 0.717) is 6.04 Å². The van der Waals surface area contributed by atoms with Gasteiger partial charge in [0, 0.05) is 19.3 Å². The summed E-state index contributed by atoms with van der Waals surface area (Å²) in [6.45, 7) is 2.20. The van der Waals surface area contributed by atoms with E-state index in [-0.39, 0.29) is 0 Å². The van der Waals surface area contributed by atoms with Gasteiger partial charge in [-0.25, -0.2) is 0 Å². The number of anilines is 1. The lowest BCUT2D eigenvalue weighted by molar-refractivity contribution is 0.180. The third-order valence-electron chi connectivity index (χ3n) is 5.66. The predicted octanol–water partition coefficient (Wildman–Crippen LogP) is 4.53. The minimum atomic E-state index is 0.677. The molecule has 0 radical (unpaired) electrons. The minimum absolute atomic E-state index is 0.677. The maximum atomic E-state index is 4.59. The summed E-state index contributed by atoms with van der Waals surface area (Å²) in [6.07, 6.45) is 16.1. The molecule has 1 heterocycles. The van der Waals surface area contributed by atoms with Crippen LogP contribution in [0.5, 0.6) is 0 Å². The summed E-state index contributed by atoms with van der Waals surface area (Å²) >= 11 is 0. The molecule has 2 saturated carbocycles. The molecule has 118 valence electrons. The van der Waals surface area contributed by atoms with Gasteiger partial charge in [0.2, 0.25) is 0 Å². The highest BCUT2D eigenvalue weighted by molar-refractivity contribution is 5.47. The highest BCUT2D eigenvalue weighted by Crippen LogP contribution is 2.39. The SMILES string of the molecule is CCc1nn(C)cc1NC1CCCCC1C1CCCCC1. The van der Waals surface area contributed by atoms with E-state index in [4.69, 9.17) is 0 Å². The van der Waals surface area contributed by atoms with Gasteiger partial charge in [0.1, 0.15) is 0 Å². The Kier molecular flexibility index (Phi) is 4.87. The van der Waals surface area contributed by atoms with Crippen LogP contribution in [0.15, 0.2) is 6.20 Å². The minimum Gasteiger partial charge on any atom is -0.379 e. The van der Waals surface area contributed by atoms with Crippen LogP contribution in [0.4, 0.5) is 5.69 Å². The molecule has 0 spiro atoms. The Bertz CT molecular complexity index is 445. The average molecular weight is 289 g/mol. The number of aryl methyl sites for hydroxylation is 2. The van der Waals surface area contributed by atoms with Crippen molar-refractivity contribution in [3.8, 4) is 0 Å². The molecular weight excluding hydrogens is 258 g/mol. The topological polar surface area (TPSA) is 29.9 Å². The van der Waals surface area contributed by atoms with Crippen molar-refractivity contribution in [2.24, 2.45) is 18.9 Å². The molecule has 21 heavy (non-hydrogen) atoms. The van der Waals surface area contributed by atoms with Gasteiger partial charge in [0.25, 0.3) is 0 Å². The maximum Gasteiger partial charge on any atom is 0.0853 e. The number of rotatable bonds is 4. The van der Waals surface area contributed by atoms with Crippen LogP contribution in [0.25, 0.3) is 0 Å². The molecule has 0 bridgehead atoms. The lowest BCUT2D eigenvalue weighted by Crippen LogP contribution is -2.37. The van der Waals surface area contributed by atoms with E-state index < -0.39 is 0 Å². The zero-order valence-electron chi connectivity index (χ0n) is 13.8. The Balaban J connectivity index is 1.71. The van der Waals surface area contributed by atoms with Crippen molar-refractivity contribution in [3.63, 3.8) is 0 Å². The summed E-state index contributed by atoms with van der Waals surface area (Å²) < 4.78 is 1.96. The van der Waals surface area contributed by atoms with Gasteiger partial charge in [-0.3, -0.25) is 4.68 Å². The lowest BCUT2D eigenvalue weighted by Gasteiger charge is -2.39. The smallest absolute Gasteiger partial charge is 0.0853 e. The molecule has 0 saturated heterocycles. The van der Waals surface area contributed by atoms with Gasteiger partial charge < -0.3 is 5.32 Å². The molecule has 3 rings (SSSR count). The molecule has 2 atom stereocenters. The maximum absolute atomic E-state index is 4.59. The van der Waals surface area contributed by atoms with Crippen LogP contribution in [-0.4, -0.2) is 15.8 Å². The number of nitrogens with zero attached hydrogens (tertiary/aromatic N) is 2. The Morgan fingerprint density at radius 2 is 1.81 bits per heavy atom. The quantitative estimate of drug-likeness (QED) is 0.882. The van der Waals surface area contributed by atoms with Crippen molar-refractivity contribution in [2.75, 3.05) is 5.32 Å². The van der Waals surface area contributed by atoms with Crippen molar-refractivity contribution in [1.29, 1.82) is 0 Å². The van der Waals surface area contributed by atoms with Crippen molar-refractivity contribution >= 4 is 5.69 Å². The molecule has 1 aromatic heterocycles. The first-order chi connectivity index (χ1) is 10.3. The summed E-state index contributed by atoms with van der Waals surface area (Å²) in [5, 5.41) is 8.47. The number of hydrogen-bond acceptors (Lipinski definition) is 2. The van der Waals surface area contributed by atoms with Crippen LogP contribution in [-0.2, 0) is 13.5 Å². The Hall–Kier alpha value is -0.990. The normalized spacial score (nSPS) is 27.7. The highest BCUT2D eigenvalue weighted by Gasteiger charge is 2.32. The monoisotopic (exact) mass is 289 g/mol. The number of nitrogens with one attached hydrogen (secondary N) is 1. The fourth-order valence-electron chi connectivity index (χ4n) is 4.58. The third-order valence-corrected chi connectivity index (χ3v) is 5.66. The lowest BCUT2D eigenvalue weighted by atomic mass is 9.71. The van der Waals surface area contributed by atoms with E-state index in [9.17, 15) is 0 Å². The third kappa shape index (κ3) is 3.44. The fourth-order valence-corrected chi connectivity index (χ4v) is 4.58. The van der Waals surface area contributed by atoms with Gasteiger partial charge in [0.15, 0.2) is 0 Å². The molecule has 2 unspecified atom stereocenters. The zero-order chi connectivity index (χ0) is 14.7. The van der Waals surface area contributed by atoms with E-state index in [1.54, 1.807) is 0 Å². The molecule has 0 aliphatic heterocycles. The first kappa shape index (κ1) is 14.9. The highest BCUT2D eigenvalue weighted by atomic mass is 15.3. The van der Waals surface area contributed by atoms with E-state index in [0.717, 1.165) is 18.3 Å². The first-order valence-corrected chi connectivity index (χ1v) is 9.07. The van der Waals surface area contributed by atoms with E-state index in [1.165, 1.54) is 69.2 Å². The summed E-state index contributed by atoms with van der Waals surface area (Å²) in [5.41, 5.74) is 2.51. The molecule has 2 aliphatic rings.